The Bertz CT molecular complexity index is 393. The lowest BCUT2D eigenvalue weighted by Gasteiger charge is -2.25. The Hall–Kier alpha value is -1.55. The third kappa shape index (κ3) is 2.77. The fraction of sp³-hybridized carbons (Fsp3) is 0.462. The van der Waals surface area contributed by atoms with Gasteiger partial charge in [-0.25, -0.2) is 0 Å². The van der Waals surface area contributed by atoms with Crippen LogP contribution in [-0.2, 0) is 4.79 Å². The van der Waals surface area contributed by atoms with Crippen LogP contribution < -0.4 is 10.6 Å². The molecule has 0 aliphatic carbocycles. The second-order valence-electron chi connectivity index (χ2n) is 4.22. The number of para-hydroxylation sites is 1. The van der Waals surface area contributed by atoms with Crippen molar-refractivity contribution >= 4 is 11.6 Å². The van der Waals surface area contributed by atoms with Crippen molar-refractivity contribution < 1.29 is 9.90 Å². The average molecular weight is 234 g/mol. The molecule has 1 aromatic rings. The number of hydrogen-bond acceptors (Lipinski definition) is 3. The Morgan fingerprint density at radius 1 is 1.47 bits per heavy atom. The number of amides is 1. The second kappa shape index (κ2) is 5.68. The molecule has 0 saturated carbocycles. The number of rotatable bonds is 4. The van der Waals surface area contributed by atoms with Crippen molar-refractivity contribution in [1.29, 1.82) is 0 Å². The molecular formula is C13H18N2O2. The Balaban J connectivity index is 2.05. The van der Waals surface area contributed by atoms with Gasteiger partial charge >= 0.3 is 0 Å². The molecule has 92 valence electrons. The molecule has 3 N–H and O–H groups in total. The average Bonchev–Trinajstić information content (AvgIpc) is 2.38. The minimum absolute atomic E-state index is 0.0624. The highest BCUT2D eigenvalue weighted by Crippen LogP contribution is 2.31. The van der Waals surface area contributed by atoms with Gasteiger partial charge in [-0.1, -0.05) is 18.2 Å². The van der Waals surface area contributed by atoms with E-state index in [2.05, 4.69) is 10.6 Å². The van der Waals surface area contributed by atoms with Gasteiger partial charge in [0, 0.05) is 25.4 Å². The minimum atomic E-state index is -0.0638. The van der Waals surface area contributed by atoms with Crippen molar-refractivity contribution in [3.8, 4) is 0 Å². The molecule has 0 radical (unpaired) electrons. The molecule has 0 spiro atoms. The minimum Gasteiger partial charge on any atom is -0.396 e. The molecule has 1 unspecified atom stereocenters. The zero-order chi connectivity index (χ0) is 12.1. The summed E-state index contributed by atoms with van der Waals surface area (Å²) in [5.74, 6) is -0.00135. The Morgan fingerprint density at radius 2 is 2.29 bits per heavy atom. The van der Waals surface area contributed by atoms with Gasteiger partial charge in [-0.3, -0.25) is 4.79 Å². The van der Waals surface area contributed by atoms with Gasteiger partial charge in [0.05, 0.1) is 5.92 Å². The number of benzene rings is 1. The lowest BCUT2D eigenvalue weighted by atomic mass is 9.90. The number of carbonyl (C=O) groups excluding carboxylic acids is 1. The quantitative estimate of drug-likeness (QED) is 0.683. The van der Waals surface area contributed by atoms with Gasteiger partial charge in [-0.05, 0) is 24.5 Å². The van der Waals surface area contributed by atoms with Crippen LogP contribution in [0.2, 0.25) is 0 Å². The van der Waals surface area contributed by atoms with E-state index in [9.17, 15) is 4.79 Å². The summed E-state index contributed by atoms with van der Waals surface area (Å²) in [5, 5.41) is 14.8. The lowest BCUT2D eigenvalue weighted by molar-refractivity contribution is -0.122. The molecule has 0 saturated heterocycles. The standard InChI is InChI=1S/C13H18N2O2/c16-9-3-7-15-13(17)11-6-8-14-12-5-2-1-4-10(11)12/h1-2,4-5,11,14,16H,3,6-9H2,(H,15,17). The third-order valence-corrected chi connectivity index (χ3v) is 3.04. The van der Waals surface area contributed by atoms with Crippen LogP contribution in [-0.4, -0.2) is 30.7 Å². The summed E-state index contributed by atoms with van der Waals surface area (Å²) < 4.78 is 0. The highest BCUT2D eigenvalue weighted by molar-refractivity contribution is 5.86. The zero-order valence-corrected chi connectivity index (χ0v) is 9.78. The summed E-state index contributed by atoms with van der Waals surface area (Å²) >= 11 is 0. The van der Waals surface area contributed by atoms with E-state index < -0.39 is 0 Å². The summed E-state index contributed by atoms with van der Waals surface area (Å²) in [6.07, 6.45) is 1.43. The molecule has 4 heteroatoms. The summed E-state index contributed by atoms with van der Waals surface area (Å²) in [5.41, 5.74) is 2.13. The first kappa shape index (κ1) is 11.9. The summed E-state index contributed by atoms with van der Waals surface area (Å²) in [7, 11) is 0. The molecule has 0 bridgehead atoms. The smallest absolute Gasteiger partial charge is 0.227 e. The third-order valence-electron chi connectivity index (χ3n) is 3.04. The van der Waals surface area contributed by atoms with E-state index in [-0.39, 0.29) is 18.4 Å². The van der Waals surface area contributed by atoms with Crippen LogP contribution in [0.5, 0.6) is 0 Å². The first-order valence-electron chi connectivity index (χ1n) is 6.04. The predicted octanol–water partition coefficient (Wildman–Crippen LogP) is 1.08. The molecule has 0 fully saturated rings. The van der Waals surface area contributed by atoms with E-state index >= 15 is 0 Å². The van der Waals surface area contributed by atoms with Gasteiger partial charge in [0.1, 0.15) is 0 Å². The van der Waals surface area contributed by atoms with E-state index in [0.717, 1.165) is 24.2 Å². The SMILES string of the molecule is O=C(NCCCO)C1CCNc2ccccc21. The van der Waals surface area contributed by atoms with E-state index in [4.69, 9.17) is 5.11 Å². The van der Waals surface area contributed by atoms with Crippen LogP contribution in [0.4, 0.5) is 5.69 Å². The summed E-state index contributed by atoms with van der Waals surface area (Å²) in [4.78, 5) is 12.0. The Labute approximate surface area is 101 Å². The monoisotopic (exact) mass is 234 g/mol. The van der Waals surface area contributed by atoms with Gasteiger partial charge in [0.15, 0.2) is 0 Å². The predicted molar refractivity (Wildman–Crippen MR) is 67.0 cm³/mol. The molecule has 1 aliphatic rings. The van der Waals surface area contributed by atoms with Crippen molar-refractivity contribution in [1.82, 2.24) is 5.32 Å². The van der Waals surface area contributed by atoms with Gasteiger partial charge in [-0.15, -0.1) is 0 Å². The van der Waals surface area contributed by atoms with Crippen LogP contribution in [0, 0.1) is 0 Å². The van der Waals surface area contributed by atoms with Gasteiger partial charge < -0.3 is 15.7 Å². The number of anilines is 1. The first-order chi connectivity index (χ1) is 8.33. The fourth-order valence-corrected chi connectivity index (χ4v) is 2.15. The maximum Gasteiger partial charge on any atom is 0.227 e. The first-order valence-corrected chi connectivity index (χ1v) is 6.04. The molecule has 1 aliphatic heterocycles. The maximum absolute atomic E-state index is 12.0. The number of nitrogens with one attached hydrogen (secondary N) is 2. The maximum atomic E-state index is 12.0. The summed E-state index contributed by atoms with van der Waals surface area (Å²) in [6, 6.07) is 7.93. The Morgan fingerprint density at radius 3 is 3.12 bits per heavy atom. The number of aliphatic hydroxyl groups is 1. The van der Waals surface area contributed by atoms with E-state index in [0.29, 0.717) is 13.0 Å². The van der Waals surface area contributed by atoms with Gasteiger partial charge in [0.25, 0.3) is 0 Å². The Kier molecular flexibility index (Phi) is 3.98. The largest absolute Gasteiger partial charge is 0.396 e. The number of hydrogen-bond donors (Lipinski definition) is 3. The van der Waals surface area contributed by atoms with E-state index in [1.807, 2.05) is 24.3 Å². The highest BCUT2D eigenvalue weighted by atomic mass is 16.3. The van der Waals surface area contributed by atoms with Crippen LogP contribution in [0.1, 0.15) is 24.3 Å². The van der Waals surface area contributed by atoms with Crippen molar-refractivity contribution in [2.24, 2.45) is 0 Å². The van der Waals surface area contributed by atoms with Crippen LogP contribution in [0.25, 0.3) is 0 Å². The molecule has 0 aromatic heterocycles. The molecule has 1 heterocycles. The number of carbonyl (C=O) groups is 1. The fourth-order valence-electron chi connectivity index (χ4n) is 2.15. The van der Waals surface area contributed by atoms with Gasteiger partial charge in [0.2, 0.25) is 5.91 Å². The van der Waals surface area contributed by atoms with Crippen molar-refractivity contribution in [2.45, 2.75) is 18.8 Å². The van der Waals surface area contributed by atoms with Crippen molar-refractivity contribution in [3.05, 3.63) is 29.8 Å². The van der Waals surface area contributed by atoms with Crippen LogP contribution >= 0.6 is 0 Å². The van der Waals surface area contributed by atoms with E-state index in [1.54, 1.807) is 0 Å². The zero-order valence-electron chi connectivity index (χ0n) is 9.78. The molecule has 1 atom stereocenters. The second-order valence-corrected chi connectivity index (χ2v) is 4.22. The van der Waals surface area contributed by atoms with Crippen LogP contribution in [0.3, 0.4) is 0 Å². The van der Waals surface area contributed by atoms with Crippen LogP contribution in [0.15, 0.2) is 24.3 Å². The molecule has 17 heavy (non-hydrogen) atoms. The van der Waals surface area contributed by atoms with Crippen molar-refractivity contribution in [3.63, 3.8) is 0 Å². The summed E-state index contributed by atoms with van der Waals surface area (Å²) in [6.45, 7) is 1.49. The molecule has 1 aromatic carbocycles. The number of fused-ring (bicyclic) bond motifs is 1. The van der Waals surface area contributed by atoms with Crippen molar-refractivity contribution in [2.75, 3.05) is 25.0 Å². The normalized spacial score (nSPS) is 18.1. The molecular weight excluding hydrogens is 216 g/mol. The van der Waals surface area contributed by atoms with E-state index in [1.165, 1.54) is 0 Å². The molecule has 1 amide bonds. The lowest BCUT2D eigenvalue weighted by Crippen LogP contribution is -2.33. The molecule has 4 nitrogen and oxygen atoms in total. The topological polar surface area (TPSA) is 61.4 Å². The molecule has 2 rings (SSSR count). The number of aliphatic hydroxyl groups excluding tert-OH is 1. The van der Waals surface area contributed by atoms with Gasteiger partial charge in [-0.2, -0.15) is 0 Å². The highest BCUT2D eigenvalue weighted by Gasteiger charge is 2.25.